The van der Waals surface area contributed by atoms with Gasteiger partial charge in [0.2, 0.25) is 6.10 Å². The van der Waals surface area contributed by atoms with Crippen LogP contribution in [0.25, 0.3) is 0 Å². The number of nitrogens with two attached hydrogens (primary N) is 1. The smallest absolute Gasteiger partial charge is 0.258 e. The third-order valence-corrected chi connectivity index (χ3v) is 1.55. The quantitative estimate of drug-likeness (QED) is 0.750. The lowest BCUT2D eigenvalue weighted by Gasteiger charge is -2.11. The molecule has 0 aliphatic heterocycles. The molecular weight excluding hydrogens is 166 g/mol. The van der Waals surface area contributed by atoms with Crippen LogP contribution in [-0.4, -0.2) is 12.5 Å². The summed E-state index contributed by atoms with van der Waals surface area (Å²) in [5.41, 5.74) is 5.87. The molecule has 1 rings (SSSR count). The average molecular weight is 178 g/mol. The van der Waals surface area contributed by atoms with Crippen LogP contribution in [0.4, 0.5) is 0 Å². The first-order valence-corrected chi connectivity index (χ1v) is 4.10. The molecule has 0 spiro atoms. The molecule has 0 fully saturated rings. The molecule has 1 radical (unpaired) electrons. The second-order valence-electron chi connectivity index (χ2n) is 2.49. The number of carbonyl (C=O) groups is 1. The zero-order valence-corrected chi connectivity index (χ0v) is 7.49. The molecule has 1 aromatic rings. The van der Waals surface area contributed by atoms with Crippen molar-refractivity contribution in [1.29, 1.82) is 0 Å². The van der Waals surface area contributed by atoms with Crippen LogP contribution in [0.1, 0.15) is 12.5 Å². The van der Waals surface area contributed by atoms with Crippen molar-refractivity contribution in [2.24, 2.45) is 5.73 Å². The van der Waals surface area contributed by atoms with E-state index in [4.69, 9.17) is 10.5 Å². The maximum absolute atomic E-state index is 11.0. The maximum atomic E-state index is 11.0. The highest BCUT2D eigenvalue weighted by molar-refractivity contribution is 5.90. The average Bonchev–Trinajstić information content (AvgIpc) is 2.15. The largest absolute Gasteiger partial charge is 0.367 e. The Bertz CT molecular complexity index is 272. The van der Waals surface area contributed by atoms with Gasteiger partial charge >= 0.3 is 0 Å². The summed E-state index contributed by atoms with van der Waals surface area (Å²) >= 11 is 0. The van der Waals surface area contributed by atoms with Crippen molar-refractivity contribution in [2.45, 2.75) is 6.92 Å². The Labute approximate surface area is 77.5 Å². The van der Waals surface area contributed by atoms with Crippen molar-refractivity contribution >= 4 is 5.91 Å². The van der Waals surface area contributed by atoms with E-state index in [-0.39, 0.29) is 6.10 Å². The summed E-state index contributed by atoms with van der Waals surface area (Å²) in [6, 6.07) is 9.11. The number of carbonyl (C=O) groups excluding carboxylic acids is 1. The lowest BCUT2D eigenvalue weighted by molar-refractivity contribution is -0.120. The molecule has 0 bridgehead atoms. The van der Waals surface area contributed by atoms with Gasteiger partial charge in [0.25, 0.3) is 5.91 Å². The minimum Gasteiger partial charge on any atom is -0.367 e. The van der Waals surface area contributed by atoms with E-state index < -0.39 is 5.91 Å². The van der Waals surface area contributed by atoms with Crippen molar-refractivity contribution < 1.29 is 9.53 Å². The van der Waals surface area contributed by atoms with Gasteiger partial charge in [-0.3, -0.25) is 4.79 Å². The lowest BCUT2D eigenvalue weighted by Crippen LogP contribution is -2.24. The molecule has 1 amide bonds. The molecule has 0 aliphatic rings. The van der Waals surface area contributed by atoms with E-state index in [0.717, 1.165) is 5.56 Å². The predicted octanol–water partition coefficient (Wildman–Crippen LogP) is 1.09. The van der Waals surface area contributed by atoms with Crippen molar-refractivity contribution in [3.05, 3.63) is 42.0 Å². The van der Waals surface area contributed by atoms with Crippen molar-refractivity contribution in [3.8, 4) is 0 Å². The van der Waals surface area contributed by atoms with Gasteiger partial charge < -0.3 is 10.5 Å². The molecule has 13 heavy (non-hydrogen) atoms. The highest BCUT2D eigenvalue weighted by Gasteiger charge is 2.18. The zero-order valence-electron chi connectivity index (χ0n) is 7.49. The normalized spacial score (nSPS) is 10.3. The number of rotatable bonds is 4. The first-order valence-electron chi connectivity index (χ1n) is 4.10. The molecule has 0 unspecified atom stereocenters. The number of amides is 1. The van der Waals surface area contributed by atoms with Crippen LogP contribution in [0.15, 0.2) is 30.3 Å². The summed E-state index contributed by atoms with van der Waals surface area (Å²) in [6.07, 6.45) is 0.225. The SMILES string of the molecule is CCO[C](C(N)=O)c1ccccc1. The Hall–Kier alpha value is -1.35. The fourth-order valence-electron chi connectivity index (χ4n) is 1.03. The van der Waals surface area contributed by atoms with Gasteiger partial charge in [0, 0.05) is 6.61 Å². The second kappa shape index (κ2) is 4.62. The fraction of sp³-hybridized carbons (Fsp3) is 0.200. The van der Waals surface area contributed by atoms with E-state index >= 15 is 0 Å². The van der Waals surface area contributed by atoms with E-state index in [1.54, 1.807) is 12.1 Å². The molecular formula is C10H12NO2. The summed E-state index contributed by atoms with van der Waals surface area (Å²) < 4.78 is 5.13. The van der Waals surface area contributed by atoms with Crippen molar-refractivity contribution in [3.63, 3.8) is 0 Å². The number of ether oxygens (including phenoxy) is 1. The molecule has 0 aromatic heterocycles. The van der Waals surface area contributed by atoms with Crippen LogP contribution in [0.2, 0.25) is 0 Å². The zero-order chi connectivity index (χ0) is 9.68. The van der Waals surface area contributed by atoms with Crippen LogP contribution in [0, 0.1) is 6.10 Å². The number of primary amides is 1. The molecule has 0 heterocycles. The summed E-state index contributed by atoms with van der Waals surface area (Å²) in [5, 5.41) is 0. The van der Waals surface area contributed by atoms with Gasteiger partial charge in [-0.1, -0.05) is 30.3 Å². The summed E-state index contributed by atoms with van der Waals surface area (Å²) in [7, 11) is 0. The second-order valence-corrected chi connectivity index (χ2v) is 2.49. The van der Waals surface area contributed by atoms with E-state index in [9.17, 15) is 4.79 Å². The molecule has 1 aromatic carbocycles. The molecule has 0 saturated carbocycles. The van der Waals surface area contributed by atoms with Gasteiger partial charge in [-0.15, -0.1) is 0 Å². The molecule has 0 aliphatic carbocycles. The molecule has 0 saturated heterocycles. The summed E-state index contributed by atoms with van der Waals surface area (Å²) in [4.78, 5) is 11.0. The molecule has 69 valence electrons. The Kier molecular flexibility index (Phi) is 3.46. The van der Waals surface area contributed by atoms with Crippen molar-refractivity contribution in [1.82, 2.24) is 0 Å². The van der Waals surface area contributed by atoms with Crippen LogP contribution in [0.3, 0.4) is 0 Å². The van der Waals surface area contributed by atoms with Crippen LogP contribution in [-0.2, 0) is 9.53 Å². The van der Waals surface area contributed by atoms with E-state index in [2.05, 4.69) is 0 Å². The minimum atomic E-state index is -0.534. The maximum Gasteiger partial charge on any atom is 0.258 e. The first kappa shape index (κ1) is 9.74. The van der Waals surface area contributed by atoms with Gasteiger partial charge in [0.05, 0.1) is 0 Å². The fourth-order valence-corrected chi connectivity index (χ4v) is 1.03. The van der Waals surface area contributed by atoms with Gasteiger partial charge in [0.1, 0.15) is 0 Å². The molecule has 3 heteroatoms. The van der Waals surface area contributed by atoms with Gasteiger partial charge in [-0.2, -0.15) is 0 Å². The molecule has 2 N–H and O–H groups in total. The van der Waals surface area contributed by atoms with Crippen molar-refractivity contribution in [2.75, 3.05) is 6.61 Å². The number of benzene rings is 1. The van der Waals surface area contributed by atoms with Crippen LogP contribution >= 0.6 is 0 Å². The topological polar surface area (TPSA) is 52.3 Å². The Balaban J connectivity index is 2.82. The van der Waals surface area contributed by atoms with Crippen LogP contribution < -0.4 is 5.73 Å². The summed E-state index contributed by atoms with van der Waals surface area (Å²) in [5.74, 6) is -0.534. The van der Waals surface area contributed by atoms with Gasteiger partial charge in [-0.25, -0.2) is 0 Å². The Morgan fingerprint density at radius 2 is 2.00 bits per heavy atom. The number of hydrogen-bond acceptors (Lipinski definition) is 2. The van der Waals surface area contributed by atoms with E-state index in [1.807, 2.05) is 25.1 Å². The standard InChI is InChI=1S/C10H12NO2/c1-2-13-9(10(11)12)8-6-4-3-5-7-8/h3-7H,2H2,1H3,(H2,11,12). The monoisotopic (exact) mass is 178 g/mol. The minimum absolute atomic E-state index is 0.225. The van der Waals surface area contributed by atoms with E-state index in [1.165, 1.54) is 0 Å². The molecule has 0 atom stereocenters. The van der Waals surface area contributed by atoms with Gasteiger partial charge in [-0.05, 0) is 12.5 Å². The lowest BCUT2D eigenvalue weighted by atomic mass is 10.1. The summed E-state index contributed by atoms with van der Waals surface area (Å²) in [6.45, 7) is 2.25. The predicted molar refractivity (Wildman–Crippen MR) is 49.6 cm³/mol. The molecule has 3 nitrogen and oxygen atoms in total. The highest BCUT2D eigenvalue weighted by Crippen LogP contribution is 2.14. The highest BCUT2D eigenvalue weighted by atomic mass is 16.5. The number of hydrogen-bond donors (Lipinski definition) is 1. The van der Waals surface area contributed by atoms with E-state index in [0.29, 0.717) is 6.61 Å². The third-order valence-electron chi connectivity index (χ3n) is 1.55. The Morgan fingerprint density at radius 1 is 1.38 bits per heavy atom. The Morgan fingerprint density at radius 3 is 2.46 bits per heavy atom. The third kappa shape index (κ3) is 2.56. The van der Waals surface area contributed by atoms with Crippen LogP contribution in [0.5, 0.6) is 0 Å². The van der Waals surface area contributed by atoms with Gasteiger partial charge in [0.15, 0.2) is 0 Å². The first-order chi connectivity index (χ1) is 6.25.